The van der Waals surface area contributed by atoms with Crippen LogP contribution in [0, 0.1) is 0 Å². The van der Waals surface area contributed by atoms with Crippen molar-refractivity contribution in [1.29, 1.82) is 0 Å². The van der Waals surface area contributed by atoms with Crippen LogP contribution in [-0.4, -0.2) is 12.6 Å². The maximum atomic E-state index is 5.91. The van der Waals surface area contributed by atoms with Crippen molar-refractivity contribution < 1.29 is 0 Å². The summed E-state index contributed by atoms with van der Waals surface area (Å²) >= 11 is 5.91. The SMILES string of the molecule is CNC1(Cc2ccc(Cl)cc2)CCCCC1.Cl. The molecule has 0 aliphatic heterocycles. The van der Waals surface area contributed by atoms with E-state index in [1.165, 1.54) is 37.7 Å². The quantitative estimate of drug-likeness (QED) is 0.869. The molecule has 1 aliphatic carbocycles. The van der Waals surface area contributed by atoms with E-state index >= 15 is 0 Å². The Morgan fingerprint density at radius 2 is 1.71 bits per heavy atom. The molecular formula is C14H21Cl2N. The second-order valence-corrected chi connectivity index (χ2v) is 5.33. The van der Waals surface area contributed by atoms with Gasteiger partial charge in [0.25, 0.3) is 0 Å². The number of hydrogen-bond donors (Lipinski definition) is 1. The molecule has 0 spiro atoms. The Morgan fingerprint density at radius 1 is 1.12 bits per heavy atom. The van der Waals surface area contributed by atoms with E-state index in [0.717, 1.165) is 11.4 Å². The number of hydrogen-bond acceptors (Lipinski definition) is 1. The molecule has 17 heavy (non-hydrogen) atoms. The molecule has 0 radical (unpaired) electrons. The number of likely N-dealkylation sites (N-methyl/N-ethyl adjacent to an activating group) is 1. The average molecular weight is 274 g/mol. The molecule has 0 aromatic heterocycles. The summed E-state index contributed by atoms with van der Waals surface area (Å²) in [5, 5.41) is 4.37. The molecule has 1 N–H and O–H groups in total. The van der Waals surface area contributed by atoms with Gasteiger partial charge in [0.1, 0.15) is 0 Å². The van der Waals surface area contributed by atoms with Crippen molar-refractivity contribution in [1.82, 2.24) is 5.32 Å². The molecule has 0 bridgehead atoms. The van der Waals surface area contributed by atoms with Crippen LogP contribution in [0.15, 0.2) is 24.3 Å². The van der Waals surface area contributed by atoms with Gasteiger partial charge in [0.15, 0.2) is 0 Å². The molecule has 1 saturated carbocycles. The van der Waals surface area contributed by atoms with Gasteiger partial charge in [0.05, 0.1) is 0 Å². The number of benzene rings is 1. The second-order valence-electron chi connectivity index (χ2n) is 4.89. The zero-order valence-electron chi connectivity index (χ0n) is 10.3. The van der Waals surface area contributed by atoms with Gasteiger partial charge in [-0.15, -0.1) is 12.4 Å². The zero-order chi connectivity index (χ0) is 11.4. The van der Waals surface area contributed by atoms with Gasteiger partial charge in [0, 0.05) is 10.6 Å². The van der Waals surface area contributed by atoms with Crippen molar-refractivity contribution in [3.05, 3.63) is 34.9 Å². The van der Waals surface area contributed by atoms with Gasteiger partial charge in [-0.05, 0) is 44.0 Å². The number of nitrogens with one attached hydrogen (secondary N) is 1. The molecule has 0 heterocycles. The van der Waals surface area contributed by atoms with E-state index in [2.05, 4.69) is 24.5 Å². The van der Waals surface area contributed by atoms with Gasteiger partial charge in [-0.25, -0.2) is 0 Å². The largest absolute Gasteiger partial charge is 0.314 e. The minimum atomic E-state index is 0. The maximum absolute atomic E-state index is 5.91. The fourth-order valence-electron chi connectivity index (χ4n) is 2.74. The Bertz CT molecular complexity index is 329. The summed E-state index contributed by atoms with van der Waals surface area (Å²) in [5.74, 6) is 0. The lowest BCUT2D eigenvalue weighted by molar-refractivity contribution is 0.245. The summed E-state index contributed by atoms with van der Waals surface area (Å²) in [4.78, 5) is 0. The van der Waals surface area contributed by atoms with Crippen LogP contribution in [0.25, 0.3) is 0 Å². The van der Waals surface area contributed by atoms with E-state index in [4.69, 9.17) is 11.6 Å². The highest BCUT2D eigenvalue weighted by Crippen LogP contribution is 2.31. The summed E-state index contributed by atoms with van der Waals surface area (Å²) in [5.41, 5.74) is 1.71. The molecule has 1 aromatic rings. The van der Waals surface area contributed by atoms with E-state index in [-0.39, 0.29) is 12.4 Å². The van der Waals surface area contributed by atoms with Gasteiger partial charge in [-0.3, -0.25) is 0 Å². The van der Waals surface area contributed by atoms with Gasteiger partial charge in [0.2, 0.25) is 0 Å². The van der Waals surface area contributed by atoms with Gasteiger partial charge in [-0.1, -0.05) is 43.0 Å². The van der Waals surface area contributed by atoms with Crippen molar-refractivity contribution in [3.8, 4) is 0 Å². The van der Waals surface area contributed by atoms with Crippen LogP contribution < -0.4 is 5.32 Å². The standard InChI is InChI=1S/C14H20ClN.ClH/c1-16-14(9-3-2-4-10-14)11-12-5-7-13(15)8-6-12;/h5-8,16H,2-4,9-11H2,1H3;1H. The lowest BCUT2D eigenvalue weighted by atomic mass is 9.77. The average Bonchev–Trinajstić information content (AvgIpc) is 2.33. The Hall–Kier alpha value is -0.240. The first-order valence-corrected chi connectivity index (χ1v) is 6.55. The molecule has 96 valence electrons. The molecule has 0 saturated heterocycles. The molecule has 0 unspecified atom stereocenters. The van der Waals surface area contributed by atoms with Gasteiger partial charge in [-0.2, -0.15) is 0 Å². The van der Waals surface area contributed by atoms with Crippen molar-refractivity contribution >= 4 is 24.0 Å². The van der Waals surface area contributed by atoms with Crippen LogP contribution >= 0.6 is 24.0 Å². The monoisotopic (exact) mass is 273 g/mol. The molecule has 0 amide bonds. The van der Waals surface area contributed by atoms with Crippen molar-refractivity contribution in [2.45, 2.75) is 44.1 Å². The maximum Gasteiger partial charge on any atom is 0.0406 e. The van der Waals surface area contributed by atoms with Crippen LogP contribution in [0.3, 0.4) is 0 Å². The third-order valence-corrected chi connectivity index (χ3v) is 4.05. The van der Waals surface area contributed by atoms with Crippen molar-refractivity contribution in [2.75, 3.05) is 7.05 Å². The van der Waals surface area contributed by atoms with Gasteiger partial charge < -0.3 is 5.32 Å². The topological polar surface area (TPSA) is 12.0 Å². The summed E-state index contributed by atoms with van der Waals surface area (Å²) in [6, 6.07) is 8.28. The predicted molar refractivity (Wildman–Crippen MR) is 77.3 cm³/mol. The normalized spacial score (nSPS) is 18.5. The highest BCUT2D eigenvalue weighted by molar-refractivity contribution is 6.30. The predicted octanol–water partition coefficient (Wildman–Crippen LogP) is 4.23. The fourth-order valence-corrected chi connectivity index (χ4v) is 2.86. The van der Waals surface area contributed by atoms with Crippen LogP contribution in [0.4, 0.5) is 0 Å². The van der Waals surface area contributed by atoms with Crippen LogP contribution in [0.1, 0.15) is 37.7 Å². The highest BCUT2D eigenvalue weighted by atomic mass is 35.5. The minimum Gasteiger partial charge on any atom is -0.314 e. The summed E-state index contributed by atoms with van der Waals surface area (Å²) < 4.78 is 0. The van der Waals surface area contributed by atoms with Crippen LogP contribution in [0.2, 0.25) is 5.02 Å². The van der Waals surface area contributed by atoms with E-state index in [1.54, 1.807) is 0 Å². The first kappa shape index (κ1) is 14.8. The molecule has 0 atom stereocenters. The first-order chi connectivity index (χ1) is 7.74. The highest BCUT2D eigenvalue weighted by Gasteiger charge is 2.30. The smallest absolute Gasteiger partial charge is 0.0406 e. The molecule has 1 aliphatic rings. The molecule has 3 heteroatoms. The Labute approximate surface area is 115 Å². The third kappa shape index (κ3) is 3.87. The lowest BCUT2D eigenvalue weighted by Gasteiger charge is -2.37. The lowest BCUT2D eigenvalue weighted by Crippen LogP contribution is -2.46. The van der Waals surface area contributed by atoms with E-state index < -0.39 is 0 Å². The summed E-state index contributed by atoms with van der Waals surface area (Å²) in [6.45, 7) is 0. The van der Waals surface area contributed by atoms with E-state index in [9.17, 15) is 0 Å². The second kappa shape index (κ2) is 6.63. The Balaban J connectivity index is 0.00000144. The molecule has 1 fully saturated rings. The first-order valence-electron chi connectivity index (χ1n) is 6.17. The molecule has 1 nitrogen and oxygen atoms in total. The van der Waals surface area contributed by atoms with Crippen LogP contribution in [0.5, 0.6) is 0 Å². The van der Waals surface area contributed by atoms with E-state index in [0.29, 0.717) is 5.54 Å². The molecule has 2 rings (SSSR count). The Kier molecular flexibility index (Phi) is 5.78. The third-order valence-electron chi connectivity index (χ3n) is 3.80. The summed E-state index contributed by atoms with van der Waals surface area (Å²) in [6.07, 6.45) is 7.83. The zero-order valence-corrected chi connectivity index (χ0v) is 11.9. The van der Waals surface area contributed by atoms with Crippen molar-refractivity contribution in [2.24, 2.45) is 0 Å². The van der Waals surface area contributed by atoms with Crippen molar-refractivity contribution in [3.63, 3.8) is 0 Å². The van der Waals surface area contributed by atoms with E-state index in [1.807, 2.05) is 12.1 Å². The minimum absolute atomic E-state index is 0. The fraction of sp³-hybridized carbons (Fsp3) is 0.571. The number of halogens is 2. The van der Waals surface area contributed by atoms with Gasteiger partial charge >= 0.3 is 0 Å². The Morgan fingerprint density at radius 3 is 2.24 bits per heavy atom. The summed E-state index contributed by atoms with van der Waals surface area (Å²) in [7, 11) is 2.10. The number of rotatable bonds is 3. The molecular weight excluding hydrogens is 253 g/mol. The van der Waals surface area contributed by atoms with Crippen LogP contribution in [-0.2, 0) is 6.42 Å². The molecule has 1 aromatic carbocycles.